The zero-order chi connectivity index (χ0) is 13.8. The average Bonchev–Trinajstić information content (AvgIpc) is 2.21. The molecule has 1 aromatic carbocycles. The Bertz CT molecular complexity index is 424. The molecule has 0 saturated carbocycles. The minimum atomic E-state index is -0.412. The lowest BCUT2D eigenvalue weighted by Gasteiger charge is -2.19. The van der Waals surface area contributed by atoms with Crippen molar-refractivity contribution in [1.29, 1.82) is 0 Å². The van der Waals surface area contributed by atoms with Gasteiger partial charge in [-0.25, -0.2) is 0 Å². The van der Waals surface area contributed by atoms with E-state index in [0.29, 0.717) is 5.75 Å². The maximum atomic E-state index is 11.5. The summed E-state index contributed by atoms with van der Waals surface area (Å²) in [5, 5.41) is 0. The summed E-state index contributed by atoms with van der Waals surface area (Å²) in [6.45, 7) is 7.62. The van der Waals surface area contributed by atoms with Crippen LogP contribution < -0.4 is 5.73 Å². The topological polar surface area (TPSA) is 52.3 Å². The van der Waals surface area contributed by atoms with Crippen molar-refractivity contribution in [3.05, 3.63) is 29.3 Å². The van der Waals surface area contributed by atoms with E-state index in [2.05, 4.69) is 0 Å². The molecule has 4 heteroatoms. The minimum absolute atomic E-state index is 0.172. The van der Waals surface area contributed by atoms with Crippen LogP contribution >= 0.6 is 11.8 Å². The summed E-state index contributed by atoms with van der Waals surface area (Å²) in [6, 6.07) is 5.86. The fraction of sp³-hybridized carbons (Fsp3) is 0.500. The van der Waals surface area contributed by atoms with Gasteiger partial charge in [0.25, 0.3) is 0 Å². The number of benzene rings is 1. The van der Waals surface area contributed by atoms with Gasteiger partial charge in [-0.15, -0.1) is 11.8 Å². The summed E-state index contributed by atoms with van der Waals surface area (Å²) in [6.07, 6.45) is 0. The third-order valence-corrected chi connectivity index (χ3v) is 3.34. The van der Waals surface area contributed by atoms with E-state index >= 15 is 0 Å². The summed E-state index contributed by atoms with van der Waals surface area (Å²) in [7, 11) is 0. The number of hydrogen-bond acceptors (Lipinski definition) is 4. The van der Waals surface area contributed by atoms with E-state index in [1.807, 2.05) is 45.9 Å². The summed E-state index contributed by atoms with van der Waals surface area (Å²) in [5.41, 5.74) is 8.48. The van der Waals surface area contributed by atoms with Crippen LogP contribution in [0.25, 0.3) is 0 Å². The second-order valence-corrected chi connectivity index (χ2v) is 6.20. The predicted octanol–water partition coefficient (Wildman–Crippen LogP) is 3.15. The lowest BCUT2D eigenvalue weighted by molar-refractivity contribution is -0.151. The fourth-order valence-corrected chi connectivity index (χ4v) is 2.34. The van der Waals surface area contributed by atoms with Crippen LogP contribution in [-0.2, 0) is 15.3 Å². The van der Waals surface area contributed by atoms with Gasteiger partial charge in [0.05, 0.1) is 5.75 Å². The summed E-state index contributed by atoms with van der Waals surface area (Å²) < 4.78 is 5.25. The van der Waals surface area contributed by atoms with Gasteiger partial charge in [0.15, 0.2) is 0 Å². The maximum absolute atomic E-state index is 11.5. The van der Waals surface area contributed by atoms with E-state index in [-0.39, 0.29) is 5.97 Å². The van der Waals surface area contributed by atoms with Crippen molar-refractivity contribution >= 4 is 23.4 Å². The molecule has 100 valence electrons. The quantitative estimate of drug-likeness (QED) is 0.672. The second kappa shape index (κ2) is 6.14. The molecule has 18 heavy (non-hydrogen) atoms. The molecule has 2 N–H and O–H groups in total. The molecule has 0 atom stereocenters. The number of thioether (sulfide) groups is 1. The molecule has 0 radical (unpaired) electrons. The van der Waals surface area contributed by atoms with E-state index in [1.54, 1.807) is 11.8 Å². The molecule has 3 nitrogen and oxygen atoms in total. The van der Waals surface area contributed by atoms with Crippen molar-refractivity contribution in [2.75, 3.05) is 11.5 Å². The number of rotatable bonds is 4. The highest BCUT2D eigenvalue weighted by atomic mass is 32.2. The molecule has 0 fully saturated rings. The van der Waals surface area contributed by atoms with Gasteiger partial charge >= 0.3 is 5.97 Å². The number of nitrogens with two attached hydrogens (primary N) is 1. The van der Waals surface area contributed by atoms with Gasteiger partial charge < -0.3 is 10.5 Å². The number of carbonyl (C=O) groups is 1. The number of esters is 1. The Balaban J connectivity index is 2.43. The minimum Gasteiger partial charge on any atom is -0.459 e. The highest BCUT2D eigenvalue weighted by Crippen LogP contribution is 2.21. The van der Waals surface area contributed by atoms with Gasteiger partial charge in [-0.1, -0.05) is 12.1 Å². The Morgan fingerprint density at radius 1 is 1.39 bits per heavy atom. The van der Waals surface area contributed by atoms with Crippen LogP contribution in [0.1, 0.15) is 31.9 Å². The Morgan fingerprint density at radius 2 is 2.06 bits per heavy atom. The standard InChI is InChI=1S/C14H21NO2S/c1-10-11(6-5-7-12(10)15)8-18-9-13(16)17-14(2,3)4/h5-7H,8-9,15H2,1-4H3. The lowest BCUT2D eigenvalue weighted by Crippen LogP contribution is -2.24. The molecule has 0 aliphatic heterocycles. The number of anilines is 1. The molecule has 0 amide bonds. The Morgan fingerprint density at radius 3 is 2.67 bits per heavy atom. The molecule has 0 unspecified atom stereocenters. The highest BCUT2D eigenvalue weighted by molar-refractivity contribution is 7.99. The van der Waals surface area contributed by atoms with E-state index in [4.69, 9.17) is 10.5 Å². The molecule has 1 rings (SSSR count). The van der Waals surface area contributed by atoms with Crippen molar-refractivity contribution in [2.45, 2.75) is 39.0 Å². The molecule has 0 heterocycles. The number of ether oxygens (including phenoxy) is 1. The summed E-state index contributed by atoms with van der Waals surface area (Å²) in [4.78, 5) is 11.5. The van der Waals surface area contributed by atoms with Crippen LogP contribution in [0.2, 0.25) is 0 Å². The van der Waals surface area contributed by atoms with Crippen LogP contribution in [0.4, 0.5) is 5.69 Å². The van der Waals surface area contributed by atoms with Gasteiger partial charge in [-0.05, 0) is 44.9 Å². The van der Waals surface area contributed by atoms with E-state index in [1.165, 1.54) is 5.56 Å². The van der Waals surface area contributed by atoms with E-state index in [9.17, 15) is 4.79 Å². The summed E-state index contributed by atoms with van der Waals surface area (Å²) >= 11 is 1.55. The van der Waals surface area contributed by atoms with Gasteiger partial charge in [-0.2, -0.15) is 0 Å². The molecule has 0 aliphatic carbocycles. The molecule has 0 spiro atoms. The van der Waals surface area contributed by atoms with Gasteiger partial charge in [-0.3, -0.25) is 4.79 Å². The smallest absolute Gasteiger partial charge is 0.316 e. The third-order valence-electron chi connectivity index (χ3n) is 2.39. The van der Waals surface area contributed by atoms with Crippen molar-refractivity contribution in [2.24, 2.45) is 0 Å². The lowest BCUT2D eigenvalue weighted by atomic mass is 10.1. The monoisotopic (exact) mass is 267 g/mol. The highest BCUT2D eigenvalue weighted by Gasteiger charge is 2.16. The SMILES string of the molecule is Cc1c(N)cccc1CSCC(=O)OC(C)(C)C. The van der Waals surface area contributed by atoms with E-state index in [0.717, 1.165) is 17.0 Å². The van der Waals surface area contributed by atoms with Crippen molar-refractivity contribution < 1.29 is 9.53 Å². The molecule has 0 aromatic heterocycles. The molecular formula is C14H21NO2S. The third kappa shape index (κ3) is 5.00. The number of nitrogen functional groups attached to an aromatic ring is 1. The first-order valence-corrected chi connectivity index (χ1v) is 7.08. The molecule has 0 saturated heterocycles. The van der Waals surface area contributed by atoms with Crippen molar-refractivity contribution in [3.63, 3.8) is 0 Å². The maximum Gasteiger partial charge on any atom is 0.316 e. The van der Waals surface area contributed by atoms with Gasteiger partial charge in [0.2, 0.25) is 0 Å². The number of hydrogen-bond donors (Lipinski definition) is 1. The van der Waals surface area contributed by atoms with Crippen molar-refractivity contribution in [1.82, 2.24) is 0 Å². The Hall–Kier alpha value is -1.16. The fourth-order valence-electron chi connectivity index (χ4n) is 1.47. The van der Waals surface area contributed by atoms with Crippen LogP contribution in [0.3, 0.4) is 0 Å². The van der Waals surface area contributed by atoms with Crippen LogP contribution in [0.5, 0.6) is 0 Å². The molecule has 0 bridgehead atoms. The predicted molar refractivity (Wildman–Crippen MR) is 77.6 cm³/mol. The zero-order valence-electron chi connectivity index (χ0n) is 11.4. The van der Waals surface area contributed by atoms with Crippen LogP contribution in [0, 0.1) is 6.92 Å². The normalized spacial score (nSPS) is 11.3. The second-order valence-electron chi connectivity index (χ2n) is 5.21. The van der Waals surface area contributed by atoms with Gasteiger partial charge in [0, 0.05) is 11.4 Å². The van der Waals surface area contributed by atoms with Crippen LogP contribution in [0.15, 0.2) is 18.2 Å². The molecular weight excluding hydrogens is 246 g/mol. The number of carbonyl (C=O) groups excluding carboxylic acids is 1. The summed E-state index contributed by atoms with van der Waals surface area (Å²) in [5.74, 6) is 0.968. The largest absolute Gasteiger partial charge is 0.459 e. The Labute approximate surface area is 113 Å². The van der Waals surface area contributed by atoms with Crippen molar-refractivity contribution in [3.8, 4) is 0 Å². The first-order chi connectivity index (χ1) is 8.29. The molecule has 0 aliphatic rings. The first-order valence-electron chi connectivity index (χ1n) is 5.93. The zero-order valence-corrected chi connectivity index (χ0v) is 12.3. The van der Waals surface area contributed by atoms with Crippen LogP contribution in [-0.4, -0.2) is 17.3 Å². The Kier molecular flexibility index (Phi) is 5.08. The molecule has 1 aromatic rings. The average molecular weight is 267 g/mol. The van der Waals surface area contributed by atoms with Gasteiger partial charge in [0.1, 0.15) is 5.60 Å². The first kappa shape index (κ1) is 14.9. The van der Waals surface area contributed by atoms with E-state index < -0.39 is 5.60 Å².